The minimum Gasteiger partial charge on any atom is -0.342 e. The summed E-state index contributed by atoms with van der Waals surface area (Å²) < 4.78 is 0. The van der Waals surface area contributed by atoms with E-state index >= 15 is 0 Å². The number of carbonyl (C=O) groups is 2. The van der Waals surface area contributed by atoms with Crippen molar-refractivity contribution in [2.75, 3.05) is 6.54 Å². The van der Waals surface area contributed by atoms with Crippen LogP contribution in [0.25, 0.3) is 0 Å². The lowest BCUT2D eigenvalue weighted by atomic mass is 9.98. The van der Waals surface area contributed by atoms with Gasteiger partial charge in [-0.2, -0.15) is 0 Å². The zero-order valence-electron chi connectivity index (χ0n) is 11.4. The monoisotopic (exact) mass is 281 g/mol. The number of nitrogens with zero attached hydrogens (tertiary/aromatic N) is 2. The first-order valence-electron chi connectivity index (χ1n) is 6.50. The van der Waals surface area contributed by atoms with E-state index < -0.39 is 12.1 Å². The number of hydrogen-bond acceptors (Lipinski definition) is 4. The van der Waals surface area contributed by atoms with Crippen molar-refractivity contribution >= 4 is 23.2 Å². The Balaban J connectivity index is 2.07. The molecule has 6 heteroatoms. The van der Waals surface area contributed by atoms with E-state index in [9.17, 15) is 9.59 Å². The molecule has 5 nitrogen and oxygen atoms in total. The van der Waals surface area contributed by atoms with Gasteiger partial charge in [0.1, 0.15) is 12.1 Å². The molecule has 0 saturated carbocycles. The highest BCUT2D eigenvalue weighted by molar-refractivity contribution is 7.09. The van der Waals surface area contributed by atoms with Gasteiger partial charge >= 0.3 is 0 Å². The van der Waals surface area contributed by atoms with Gasteiger partial charge in [0, 0.05) is 24.5 Å². The van der Waals surface area contributed by atoms with Crippen LogP contribution in [0.1, 0.15) is 25.8 Å². The Kier molecular flexibility index (Phi) is 4.19. The molecule has 1 fully saturated rings. The van der Waals surface area contributed by atoms with E-state index in [0.717, 1.165) is 5.01 Å². The van der Waals surface area contributed by atoms with Gasteiger partial charge in [-0.05, 0) is 12.8 Å². The molecule has 2 amide bonds. The molecule has 0 bridgehead atoms. The number of carbonyl (C=O) groups excluding carboxylic acids is 2. The van der Waals surface area contributed by atoms with Gasteiger partial charge in [0.2, 0.25) is 11.8 Å². The fourth-order valence-electron chi connectivity index (χ4n) is 2.19. The molecule has 1 aromatic heterocycles. The Morgan fingerprint density at radius 3 is 2.79 bits per heavy atom. The van der Waals surface area contributed by atoms with Crippen LogP contribution in [-0.2, 0) is 16.0 Å². The quantitative estimate of drug-likeness (QED) is 0.897. The van der Waals surface area contributed by atoms with Gasteiger partial charge in [0.25, 0.3) is 0 Å². The Morgan fingerprint density at radius 1 is 1.47 bits per heavy atom. The zero-order chi connectivity index (χ0) is 14.0. The number of amides is 2. The highest BCUT2D eigenvalue weighted by atomic mass is 32.1. The Bertz CT molecular complexity index is 458. The van der Waals surface area contributed by atoms with E-state index in [1.54, 1.807) is 29.4 Å². The fraction of sp³-hybridized carbons (Fsp3) is 0.615. The van der Waals surface area contributed by atoms with E-state index in [2.05, 4.69) is 10.3 Å². The summed E-state index contributed by atoms with van der Waals surface area (Å²) in [7, 11) is 0. The summed E-state index contributed by atoms with van der Waals surface area (Å²) >= 11 is 1.57. The van der Waals surface area contributed by atoms with Crippen LogP contribution in [0.2, 0.25) is 0 Å². The highest BCUT2D eigenvalue weighted by Gasteiger charge is 2.39. The Labute approximate surface area is 117 Å². The molecule has 0 radical (unpaired) electrons. The average molecular weight is 281 g/mol. The average Bonchev–Trinajstić information content (AvgIpc) is 2.86. The SMILES string of the molecule is CC(C)C1NC(=O)C(C)N(CCc2nccs2)C1=O. The first-order chi connectivity index (χ1) is 9.00. The summed E-state index contributed by atoms with van der Waals surface area (Å²) in [6, 6.07) is -0.803. The van der Waals surface area contributed by atoms with Crippen LogP contribution in [-0.4, -0.2) is 40.3 Å². The van der Waals surface area contributed by atoms with E-state index in [-0.39, 0.29) is 17.7 Å². The minimum atomic E-state index is -0.403. The summed E-state index contributed by atoms with van der Waals surface area (Å²) in [6.45, 7) is 6.20. The molecule has 1 aromatic rings. The van der Waals surface area contributed by atoms with Crippen LogP contribution in [0.4, 0.5) is 0 Å². The number of nitrogens with one attached hydrogen (secondary N) is 1. The molecule has 1 saturated heterocycles. The summed E-state index contributed by atoms with van der Waals surface area (Å²) in [5, 5.41) is 5.71. The molecule has 1 aliphatic heterocycles. The molecule has 104 valence electrons. The van der Waals surface area contributed by atoms with Crippen molar-refractivity contribution in [3.8, 4) is 0 Å². The largest absolute Gasteiger partial charge is 0.342 e. The molecule has 1 N–H and O–H groups in total. The van der Waals surface area contributed by atoms with Crippen molar-refractivity contribution in [1.82, 2.24) is 15.2 Å². The first-order valence-corrected chi connectivity index (χ1v) is 7.38. The molecule has 19 heavy (non-hydrogen) atoms. The van der Waals surface area contributed by atoms with Crippen LogP contribution in [0, 0.1) is 5.92 Å². The van der Waals surface area contributed by atoms with E-state index in [1.807, 2.05) is 19.2 Å². The standard InChI is InChI=1S/C13H19N3O2S/c1-8(2)11-13(18)16(9(3)12(17)15-11)6-4-10-14-5-7-19-10/h5,7-9,11H,4,6H2,1-3H3,(H,15,17). The summed E-state index contributed by atoms with van der Waals surface area (Å²) in [4.78, 5) is 30.2. The summed E-state index contributed by atoms with van der Waals surface area (Å²) in [5.41, 5.74) is 0. The third-order valence-electron chi connectivity index (χ3n) is 3.41. The number of piperazine rings is 1. The lowest BCUT2D eigenvalue weighted by molar-refractivity contribution is -0.149. The van der Waals surface area contributed by atoms with Crippen molar-refractivity contribution in [2.45, 2.75) is 39.3 Å². The van der Waals surface area contributed by atoms with Crippen LogP contribution in [0.5, 0.6) is 0 Å². The molecule has 2 heterocycles. The van der Waals surface area contributed by atoms with Crippen LogP contribution >= 0.6 is 11.3 Å². The second kappa shape index (κ2) is 5.69. The summed E-state index contributed by atoms with van der Waals surface area (Å²) in [5.74, 6) is 0.0439. The van der Waals surface area contributed by atoms with E-state index in [4.69, 9.17) is 0 Å². The van der Waals surface area contributed by atoms with Crippen LogP contribution < -0.4 is 5.32 Å². The summed E-state index contributed by atoms with van der Waals surface area (Å²) in [6.07, 6.45) is 2.46. The molecule has 2 atom stereocenters. The minimum absolute atomic E-state index is 0.0126. The molecule has 2 rings (SSSR count). The highest BCUT2D eigenvalue weighted by Crippen LogP contribution is 2.16. The fourth-order valence-corrected chi connectivity index (χ4v) is 2.80. The van der Waals surface area contributed by atoms with Gasteiger partial charge in [-0.3, -0.25) is 9.59 Å². The van der Waals surface area contributed by atoms with Crippen molar-refractivity contribution in [1.29, 1.82) is 0 Å². The number of rotatable bonds is 4. The van der Waals surface area contributed by atoms with Crippen LogP contribution in [0.15, 0.2) is 11.6 Å². The predicted molar refractivity (Wildman–Crippen MR) is 73.8 cm³/mol. The third-order valence-corrected chi connectivity index (χ3v) is 4.25. The normalized spacial score (nSPS) is 23.9. The van der Waals surface area contributed by atoms with E-state index in [0.29, 0.717) is 13.0 Å². The maximum Gasteiger partial charge on any atom is 0.246 e. The zero-order valence-corrected chi connectivity index (χ0v) is 12.2. The van der Waals surface area contributed by atoms with Crippen molar-refractivity contribution in [3.05, 3.63) is 16.6 Å². The maximum absolute atomic E-state index is 12.4. The molecule has 0 aliphatic carbocycles. The van der Waals surface area contributed by atoms with Crippen molar-refractivity contribution < 1.29 is 9.59 Å². The Hall–Kier alpha value is -1.43. The second-order valence-corrected chi connectivity index (χ2v) is 6.09. The van der Waals surface area contributed by atoms with E-state index in [1.165, 1.54) is 0 Å². The van der Waals surface area contributed by atoms with Gasteiger partial charge in [-0.1, -0.05) is 13.8 Å². The molecule has 2 unspecified atom stereocenters. The number of thiazole rings is 1. The van der Waals surface area contributed by atoms with Crippen molar-refractivity contribution in [3.63, 3.8) is 0 Å². The smallest absolute Gasteiger partial charge is 0.246 e. The Morgan fingerprint density at radius 2 is 2.21 bits per heavy atom. The van der Waals surface area contributed by atoms with Gasteiger partial charge in [-0.15, -0.1) is 11.3 Å². The molecular formula is C13H19N3O2S. The lowest BCUT2D eigenvalue weighted by Crippen LogP contribution is -2.64. The number of hydrogen-bond donors (Lipinski definition) is 1. The van der Waals surface area contributed by atoms with Gasteiger partial charge in [0.15, 0.2) is 0 Å². The van der Waals surface area contributed by atoms with Gasteiger partial charge in [0.05, 0.1) is 5.01 Å². The second-order valence-electron chi connectivity index (χ2n) is 5.11. The van der Waals surface area contributed by atoms with Gasteiger partial charge < -0.3 is 10.2 Å². The number of aromatic nitrogens is 1. The third kappa shape index (κ3) is 2.94. The molecular weight excluding hydrogens is 262 g/mol. The topological polar surface area (TPSA) is 62.3 Å². The molecule has 1 aliphatic rings. The molecule has 0 aromatic carbocycles. The van der Waals surface area contributed by atoms with Crippen LogP contribution in [0.3, 0.4) is 0 Å². The molecule has 0 spiro atoms. The predicted octanol–water partition coefficient (Wildman–Crippen LogP) is 1.06. The lowest BCUT2D eigenvalue weighted by Gasteiger charge is -2.38. The van der Waals surface area contributed by atoms with Gasteiger partial charge in [-0.25, -0.2) is 4.98 Å². The first kappa shape index (κ1) is 14.0. The maximum atomic E-state index is 12.4. The van der Waals surface area contributed by atoms with Crippen molar-refractivity contribution in [2.24, 2.45) is 5.92 Å².